The van der Waals surface area contributed by atoms with Gasteiger partial charge in [0.25, 0.3) is 0 Å². The van der Waals surface area contributed by atoms with Gasteiger partial charge in [-0.1, -0.05) is 12.1 Å². The molecule has 1 atom stereocenters. The van der Waals surface area contributed by atoms with E-state index in [-0.39, 0.29) is 11.7 Å². The summed E-state index contributed by atoms with van der Waals surface area (Å²) >= 11 is 0. The zero-order chi connectivity index (χ0) is 11.5. The van der Waals surface area contributed by atoms with E-state index in [1.165, 1.54) is 0 Å². The Balaban J connectivity index is 2.19. The molecule has 1 aliphatic carbocycles. The molecule has 2 rings (SSSR count). The lowest BCUT2D eigenvalue weighted by Gasteiger charge is -2.08. The largest absolute Gasteiger partial charge is 0.497 e. The molecule has 0 aromatic heterocycles. The Morgan fingerprint density at radius 3 is 2.50 bits per heavy atom. The molecule has 1 fully saturated rings. The maximum atomic E-state index is 11.8. The predicted octanol–water partition coefficient (Wildman–Crippen LogP) is 2.28. The Kier molecular flexibility index (Phi) is 2.91. The quantitative estimate of drug-likeness (QED) is 0.774. The number of benzene rings is 1. The van der Waals surface area contributed by atoms with E-state index in [1.54, 1.807) is 31.4 Å². The van der Waals surface area contributed by atoms with Crippen molar-refractivity contribution in [1.82, 2.24) is 0 Å². The number of nitrogens with zero attached hydrogens (tertiary/aromatic N) is 1. The van der Waals surface area contributed by atoms with E-state index < -0.39 is 5.92 Å². The average molecular weight is 215 g/mol. The molecular formula is C13H13NO2. The van der Waals surface area contributed by atoms with Crippen molar-refractivity contribution in [3.63, 3.8) is 0 Å². The number of nitriles is 1. The van der Waals surface area contributed by atoms with Gasteiger partial charge in [-0.15, -0.1) is 0 Å². The minimum Gasteiger partial charge on any atom is -0.497 e. The molecule has 3 heteroatoms. The van der Waals surface area contributed by atoms with Gasteiger partial charge >= 0.3 is 0 Å². The fourth-order valence-electron chi connectivity index (χ4n) is 1.70. The molecule has 3 nitrogen and oxygen atoms in total. The zero-order valence-electron chi connectivity index (χ0n) is 9.14. The number of rotatable bonds is 4. The van der Waals surface area contributed by atoms with Crippen LogP contribution < -0.4 is 4.74 Å². The summed E-state index contributed by atoms with van der Waals surface area (Å²) in [6.07, 6.45) is 1.88. The molecule has 1 unspecified atom stereocenters. The highest BCUT2D eigenvalue weighted by molar-refractivity contribution is 5.92. The minimum atomic E-state index is -0.613. The van der Waals surface area contributed by atoms with Crippen molar-refractivity contribution in [2.45, 2.75) is 18.8 Å². The molecule has 0 saturated heterocycles. The standard InChI is InChI=1S/C13H13NO2/c1-16-11-6-4-9(5-7-11)12(8-14)13(15)10-2-3-10/h4-7,10,12H,2-3H2,1H3. The molecule has 1 saturated carbocycles. The van der Waals surface area contributed by atoms with Crippen LogP contribution in [0.5, 0.6) is 5.75 Å². The first-order valence-corrected chi connectivity index (χ1v) is 5.33. The number of ether oxygens (including phenoxy) is 1. The van der Waals surface area contributed by atoms with Crippen LogP contribution >= 0.6 is 0 Å². The summed E-state index contributed by atoms with van der Waals surface area (Å²) in [6, 6.07) is 9.21. The van der Waals surface area contributed by atoms with Crippen LogP contribution in [0.2, 0.25) is 0 Å². The molecule has 0 bridgehead atoms. The van der Waals surface area contributed by atoms with Crippen LogP contribution in [0.4, 0.5) is 0 Å². The molecule has 0 aliphatic heterocycles. The molecule has 16 heavy (non-hydrogen) atoms. The van der Waals surface area contributed by atoms with E-state index in [4.69, 9.17) is 10.00 Å². The van der Waals surface area contributed by atoms with Gasteiger partial charge in [-0.3, -0.25) is 4.79 Å². The Morgan fingerprint density at radius 1 is 1.44 bits per heavy atom. The van der Waals surface area contributed by atoms with Gasteiger partial charge < -0.3 is 4.74 Å². The van der Waals surface area contributed by atoms with E-state index in [1.807, 2.05) is 0 Å². The monoisotopic (exact) mass is 215 g/mol. The summed E-state index contributed by atoms with van der Waals surface area (Å²) in [5, 5.41) is 9.05. The smallest absolute Gasteiger partial charge is 0.157 e. The Hall–Kier alpha value is -1.82. The highest BCUT2D eigenvalue weighted by Gasteiger charge is 2.35. The first-order chi connectivity index (χ1) is 7.76. The van der Waals surface area contributed by atoms with E-state index in [2.05, 4.69) is 6.07 Å². The maximum absolute atomic E-state index is 11.8. The molecule has 0 spiro atoms. The topological polar surface area (TPSA) is 50.1 Å². The predicted molar refractivity (Wildman–Crippen MR) is 59.1 cm³/mol. The first-order valence-electron chi connectivity index (χ1n) is 5.33. The maximum Gasteiger partial charge on any atom is 0.157 e. The molecule has 1 aliphatic rings. The van der Waals surface area contributed by atoms with Crippen LogP contribution in [0, 0.1) is 17.2 Å². The van der Waals surface area contributed by atoms with Crippen LogP contribution in [0.1, 0.15) is 24.3 Å². The molecule has 0 amide bonds. The number of ketones is 1. The van der Waals surface area contributed by atoms with Crippen molar-refractivity contribution < 1.29 is 9.53 Å². The van der Waals surface area contributed by atoms with E-state index >= 15 is 0 Å². The van der Waals surface area contributed by atoms with Crippen molar-refractivity contribution in [3.8, 4) is 11.8 Å². The summed E-state index contributed by atoms with van der Waals surface area (Å²) < 4.78 is 5.03. The van der Waals surface area contributed by atoms with Crippen LogP contribution in [-0.2, 0) is 4.79 Å². The summed E-state index contributed by atoms with van der Waals surface area (Å²) in [4.78, 5) is 11.8. The Morgan fingerprint density at radius 2 is 2.06 bits per heavy atom. The summed E-state index contributed by atoms with van der Waals surface area (Å²) in [5.74, 6) is 0.303. The molecule has 0 N–H and O–H groups in total. The van der Waals surface area contributed by atoms with Crippen molar-refractivity contribution >= 4 is 5.78 Å². The highest BCUT2D eigenvalue weighted by Crippen LogP contribution is 2.35. The van der Waals surface area contributed by atoms with E-state index in [9.17, 15) is 4.79 Å². The van der Waals surface area contributed by atoms with Crippen LogP contribution in [0.15, 0.2) is 24.3 Å². The van der Waals surface area contributed by atoms with Gasteiger partial charge in [-0.2, -0.15) is 5.26 Å². The molecular weight excluding hydrogens is 202 g/mol. The van der Waals surface area contributed by atoms with Gasteiger partial charge in [-0.25, -0.2) is 0 Å². The second kappa shape index (κ2) is 4.36. The number of hydrogen-bond acceptors (Lipinski definition) is 3. The van der Waals surface area contributed by atoms with Gasteiger partial charge in [0, 0.05) is 5.92 Å². The zero-order valence-corrected chi connectivity index (χ0v) is 9.14. The van der Waals surface area contributed by atoms with Crippen LogP contribution in [-0.4, -0.2) is 12.9 Å². The number of hydrogen-bond donors (Lipinski definition) is 0. The van der Waals surface area contributed by atoms with Gasteiger partial charge in [0.05, 0.1) is 13.2 Å². The second-order valence-electron chi connectivity index (χ2n) is 4.01. The summed E-state index contributed by atoms with van der Waals surface area (Å²) in [7, 11) is 1.59. The second-order valence-corrected chi connectivity index (χ2v) is 4.01. The van der Waals surface area contributed by atoms with Crippen molar-refractivity contribution in [3.05, 3.63) is 29.8 Å². The van der Waals surface area contributed by atoms with Crippen molar-refractivity contribution in [2.75, 3.05) is 7.11 Å². The van der Waals surface area contributed by atoms with Gasteiger partial charge in [0.15, 0.2) is 5.78 Å². The van der Waals surface area contributed by atoms with Gasteiger partial charge in [-0.05, 0) is 30.5 Å². The lowest BCUT2D eigenvalue weighted by Crippen LogP contribution is -2.12. The fourth-order valence-corrected chi connectivity index (χ4v) is 1.70. The third-order valence-corrected chi connectivity index (χ3v) is 2.84. The molecule has 0 heterocycles. The first kappa shape index (κ1) is 10.7. The fraction of sp³-hybridized carbons (Fsp3) is 0.385. The lowest BCUT2D eigenvalue weighted by molar-refractivity contribution is -0.120. The summed E-state index contributed by atoms with van der Waals surface area (Å²) in [6.45, 7) is 0. The summed E-state index contributed by atoms with van der Waals surface area (Å²) in [5.41, 5.74) is 0.764. The lowest BCUT2D eigenvalue weighted by atomic mass is 9.93. The number of methoxy groups -OCH3 is 1. The third-order valence-electron chi connectivity index (χ3n) is 2.84. The molecule has 82 valence electrons. The third kappa shape index (κ3) is 2.06. The Labute approximate surface area is 94.6 Å². The number of Topliss-reactive ketones (excluding diaryl/α,β-unsaturated/α-hetero) is 1. The minimum absolute atomic E-state index is 0.0627. The SMILES string of the molecule is COc1ccc(C(C#N)C(=O)C2CC2)cc1. The van der Waals surface area contributed by atoms with Crippen molar-refractivity contribution in [2.24, 2.45) is 5.92 Å². The average Bonchev–Trinajstić information content (AvgIpc) is 3.14. The van der Waals surface area contributed by atoms with Gasteiger partial charge in [0.1, 0.15) is 11.7 Å². The van der Waals surface area contributed by atoms with E-state index in [0.717, 1.165) is 24.2 Å². The number of carbonyl (C=O) groups is 1. The van der Waals surface area contributed by atoms with Crippen LogP contribution in [0.25, 0.3) is 0 Å². The normalized spacial score (nSPS) is 16.2. The van der Waals surface area contributed by atoms with E-state index in [0.29, 0.717) is 0 Å². The molecule has 1 aromatic rings. The Bertz CT molecular complexity index is 426. The van der Waals surface area contributed by atoms with Crippen LogP contribution in [0.3, 0.4) is 0 Å². The van der Waals surface area contributed by atoms with Crippen molar-refractivity contribution in [1.29, 1.82) is 5.26 Å². The van der Waals surface area contributed by atoms with Gasteiger partial charge in [0.2, 0.25) is 0 Å². The number of carbonyl (C=O) groups excluding carboxylic acids is 1. The molecule has 0 radical (unpaired) electrons. The highest BCUT2D eigenvalue weighted by atomic mass is 16.5. The molecule has 1 aromatic carbocycles.